The number of pyridine rings is 1. The molecule has 7 nitrogen and oxygen atoms in total. The molecule has 2 aliphatic rings. The summed E-state index contributed by atoms with van der Waals surface area (Å²) in [6.07, 6.45) is 0.0549. The van der Waals surface area contributed by atoms with Gasteiger partial charge in [-0.25, -0.2) is 0 Å². The van der Waals surface area contributed by atoms with E-state index in [1.807, 2.05) is 102 Å². The van der Waals surface area contributed by atoms with Gasteiger partial charge < -0.3 is 5.32 Å². The smallest absolute Gasteiger partial charge is 0.264 e. The highest BCUT2D eigenvalue weighted by molar-refractivity contribution is 14.1. The van der Waals surface area contributed by atoms with Gasteiger partial charge in [0.1, 0.15) is 0 Å². The van der Waals surface area contributed by atoms with Crippen molar-refractivity contribution in [2.45, 2.75) is 6.42 Å². The van der Waals surface area contributed by atoms with E-state index in [0.717, 1.165) is 30.1 Å². The third-order valence-electron chi connectivity index (χ3n) is 8.20. The van der Waals surface area contributed by atoms with Gasteiger partial charge in [-0.05, 0) is 69.7 Å². The van der Waals surface area contributed by atoms with Crippen molar-refractivity contribution in [3.8, 4) is 16.9 Å². The van der Waals surface area contributed by atoms with Crippen molar-refractivity contribution in [3.63, 3.8) is 0 Å². The first-order valence-electron chi connectivity index (χ1n) is 15.4. The number of carbonyl (C=O) groups excluding carboxylic acids is 4. The molecule has 3 heterocycles. The SMILES string of the molecule is O=C(Nc1ccccc1)c1ccsc1I.O=C1CC(=O)c2ccccc21.O=C1c2ccccc2-c2c1c1sccc1c(=O)n2-c1ccccc1. The standard InChI is InChI=1S/C20H11NO2S.C11H8INOS.C9H6O2/c22-18-14-9-5-4-8-13(14)17-16(18)19-15(10-11-24-19)20(23)21(17)12-6-2-1-3-7-12;12-10-9(6-7-15-10)11(14)13-8-4-2-1-3-5-8;10-8-5-9(11)7-4-2-1-3-6(7)8/h1-11H;1-7H,(H,13,14);1-4H,5H2. The van der Waals surface area contributed by atoms with Gasteiger partial charge >= 0.3 is 0 Å². The number of halogens is 1. The number of thiophene rings is 2. The molecule has 244 valence electrons. The summed E-state index contributed by atoms with van der Waals surface area (Å²) in [5.74, 6) is -0.152. The second kappa shape index (κ2) is 14.3. The van der Waals surface area contributed by atoms with E-state index in [0.29, 0.717) is 33.3 Å². The zero-order chi connectivity index (χ0) is 34.8. The van der Waals surface area contributed by atoms with Crippen LogP contribution in [0.4, 0.5) is 5.69 Å². The first-order valence-corrected chi connectivity index (χ1v) is 18.3. The minimum absolute atomic E-state index is 0.00210. The van der Waals surface area contributed by atoms with Gasteiger partial charge in [0.15, 0.2) is 17.3 Å². The number of nitrogens with one attached hydrogen (secondary N) is 1. The number of hydrogen-bond donors (Lipinski definition) is 1. The van der Waals surface area contributed by atoms with Crippen LogP contribution >= 0.6 is 45.3 Å². The van der Waals surface area contributed by atoms with Gasteiger partial charge in [0.25, 0.3) is 11.5 Å². The lowest BCUT2D eigenvalue weighted by Gasteiger charge is -2.13. The van der Waals surface area contributed by atoms with Gasteiger partial charge in [-0.3, -0.25) is 28.5 Å². The number of para-hydroxylation sites is 2. The van der Waals surface area contributed by atoms with E-state index < -0.39 is 0 Å². The van der Waals surface area contributed by atoms with Crippen LogP contribution in [-0.4, -0.2) is 27.8 Å². The molecular formula is C40H25IN2O5S2. The molecule has 7 aromatic rings. The summed E-state index contributed by atoms with van der Waals surface area (Å²) in [5.41, 5.74) is 6.26. The van der Waals surface area contributed by atoms with Crippen LogP contribution in [0.25, 0.3) is 27.0 Å². The van der Waals surface area contributed by atoms with Crippen LogP contribution in [0.1, 0.15) is 53.4 Å². The number of carbonyl (C=O) groups is 4. The lowest BCUT2D eigenvalue weighted by molar-refractivity contribution is 0.0920. The predicted molar refractivity (Wildman–Crippen MR) is 207 cm³/mol. The number of benzene rings is 4. The molecule has 0 unspecified atom stereocenters. The monoisotopic (exact) mass is 804 g/mol. The quantitative estimate of drug-likeness (QED) is 0.142. The summed E-state index contributed by atoms with van der Waals surface area (Å²) < 4.78 is 3.47. The number of hydrogen-bond acceptors (Lipinski definition) is 7. The molecule has 2 aliphatic carbocycles. The molecule has 9 rings (SSSR count). The summed E-state index contributed by atoms with van der Waals surface area (Å²) in [6, 6.07) is 37.0. The molecule has 0 atom stereocenters. The molecule has 0 aliphatic heterocycles. The third kappa shape index (κ3) is 6.28. The Kier molecular flexibility index (Phi) is 9.48. The fourth-order valence-corrected chi connectivity index (χ4v) is 8.31. The van der Waals surface area contributed by atoms with Crippen LogP contribution in [0.15, 0.2) is 137 Å². The van der Waals surface area contributed by atoms with E-state index >= 15 is 0 Å². The molecule has 1 amide bonds. The van der Waals surface area contributed by atoms with Crippen LogP contribution in [0.5, 0.6) is 0 Å². The Morgan fingerprint density at radius 1 is 0.640 bits per heavy atom. The van der Waals surface area contributed by atoms with Crippen LogP contribution in [0.2, 0.25) is 0 Å². The molecule has 0 saturated carbocycles. The fraction of sp³-hybridized carbons (Fsp3) is 0.0250. The molecule has 0 spiro atoms. The maximum absolute atomic E-state index is 13.1. The van der Waals surface area contributed by atoms with E-state index in [2.05, 4.69) is 27.9 Å². The molecule has 0 fully saturated rings. The Morgan fingerprint density at radius 3 is 1.82 bits per heavy atom. The van der Waals surface area contributed by atoms with E-state index in [4.69, 9.17) is 0 Å². The molecule has 0 saturated heterocycles. The van der Waals surface area contributed by atoms with Gasteiger partial charge in [-0.1, -0.05) is 84.9 Å². The number of aromatic nitrogens is 1. The van der Waals surface area contributed by atoms with Crippen molar-refractivity contribution in [2.24, 2.45) is 0 Å². The summed E-state index contributed by atoms with van der Waals surface area (Å²) in [5, 5.41) is 7.24. The number of rotatable bonds is 3. The molecule has 3 aromatic heterocycles. The van der Waals surface area contributed by atoms with Gasteiger partial charge in [-0.2, -0.15) is 0 Å². The maximum atomic E-state index is 13.1. The minimum atomic E-state index is -0.0827. The normalized spacial score (nSPS) is 12.3. The summed E-state index contributed by atoms with van der Waals surface area (Å²) in [4.78, 5) is 60.0. The zero-order valence-electron chi connectivity index (χ0n) is 26.1. The number of fused-ring (bicyclic) bond motifs is 6. The van der Waals surface area contributed by atoms with Crippen molar-refractivity contribution >= 4 is 84.3 Å². The molecule has 10 heteroatoms. The number of amides is 1. The second-order valence-electron chi connectivity index (χ2n) is 11.2. The Morgan fingerprint density at radius 2 is 1.20 bits per heavy atom. The number of anilines is 1. The predicted octanol–water partition coefficient (Wildman–Crippen LogP) is 9.32. The number of Topliss-reactive ketones (excluding diaryl/α,β-unsaturated/α-hetero) is 2. The average Bonchev–Trinajstić information content (AvgIpc) is 3.93. The molecule has 0 radical (unpaired) electrons. The lowest BCUT2D eigenvalue weighted by atomic mass is 10.1. The Hall–Kier alpha value is -5.30. The average molecular weight is 805 g/mol. The zero-order valence-corrected chi connectivity index (χ0v) is 29.9. The van der Waals surface area contributed by atoms with Crippen LogP contribution in [-0.2, 0) is 0 Å². The highest BCUT2D eigenvalue weighted by Crippen LogP contribution is 2.41. The first kappa shape index (κ1) is 33.2. The maximum Gasteiger partial charge on any atom is 0.264 e. The second-order valence-corrected chi connectivity index (χ2v) is 14.9. The van der Waals surface area contributed by atoms with Crippen molar-refractivity contribution in [2.75, 3.05) is 5.32 Å². The first-order chi connectivity index (χ1) is 24.3. The summed E-state index contributed by atoms with van der Waals surface area (Å²) >= 11 is 5.19. The summed E-state index contributed by atoms with van der Waals surface area (Å²) in [7, 11) is 0. The van der Waals surface area contributed by atoms with Crippen molar-refractivity contribution in [1.29, 1.82) is 0 Å². The Labute approximate surface area is 308 Å². The van der Waals surface area contributed by atoms with E-state index in [9.17, 15) is 24.0 Å². The minimum Gasteiger partial charge on any atom is -0.322 e. The summed E-state index contributed by atoms with van der Waals surface area (Å²) in [6.45, 7) is 0. The molecule has 50 heavy (non-hydrogen) atoms. The van der Waals surface area contributed by atoms with Gasteiger partial charge in [-0.15, -0.1) is 22.7 Å². The van der Waals surface area contributed by atoms with Crippen molar-refractivity contribution in [1.82, 2.24) is 4.57 Å². The van der Waals surface area contributed by atoms with Gasteiger partial charge in [0.05, 0.1) is 36.2 Å². The van der Waals surface area contributed by atoms with Crippen molar-refractivity contribution in [3.05, 3.63) is 173 Å². The topological polar surface area (TPSA) is 102 Å². The van der Waals surface area contributed by atoms with Crippen molar-refractivity contribution < 1.29 is 19.2 Å². The van der Waals surface area contributed by atoms with E-state index in [1.54, 1.807) is 46.2 Å². The molecule has 0 bridgehead atoms. The largest absolute Gasteiger partial charge is 0.322 e. The van der Waals surface area contributed by atoms with Crippen LogP contribution in [0.3, 0.4) is 0 Å². The Bertz CT molecular complexity index is 2470. The van der Waals surface area contributed by atoms with Gasteiger partial charge in [0, 0.05) is 33.6 Å². The third-order valence-corrected chi connectivity index (χ3v) is 11.2. The Balaban J connectivity index is 0.000000129. The number of nitrogens with zero attached hydrogens (tertiary/aromatic N) is 1. The van der Waals surface area contributed by atoms with Crippen LogP contribution in [0, 0.1) is 2.88 Å². The lowest BCUT2D eigenvalue weighted by Crippen LogP contribution is -2.20. The molecule has 1 N–H and O–H groups in total. The molecular weight excluding hydrogens is 779 g/mol. The highest BCUT2D eigenvalue weighted by Gasteiger charge is 2.33. The number of ketones is 3. The van der Waals surface area contributed by atoms with E-state index in [1.165, 1.54) is 11.3 Å². The molecule has 4 aromatic carbocycles. The fourth-order valence-electron chi connectivity index (χ4n) is 5.91. The highest BCUT2D eigenvalue weighted by atomic mass is 127. The van der Waals surface area contributed by atoms with Crippen LogP contribution < -0.4 is 10.9 Å². The van der Waals surface area contributed by atoms with Gasteiger partial charge in [0.2, 0.25) is 0 Å². The van der Waals surface area contributed by atoms with E-state index in [-0.39, 0.29) is 35.2 Å².